The van der Waals surface area contributed by atoms with Crippen molar-refractivity contribution in [2.45, 2.75) is 26.7 Å². The van der Waals surface area contributed by atoms with Crippen LogP contribution in [-0.2, 0) is 0 Å². The highest BCUT2D eigenvalue weighted by Gasteiger charge is 2.11. The summed E-state index contributed by atoms with van der Waals surface area (Å²) in [4.78, 5) is 10.6. The van der Waals surface area contributed by atoms with Gasteiger partial charge in [-0.05, 0) is 36.9 Å². The molecule has 0 aromatic carbocycles. The molecule has 0 amide bonds. The molecule has 0 bridgehead atoms. The fraction of sp³-hybridized carbons (Fsp3) is 0.538. The molecular weight excluding hydrogens is 282 g/mol. The molecule has 1 atom stereocenters. The summed E-state index contributed by atoms with van der Waals surface area (Å²) in [5, 5.41) is 13.6. The number of halogens is 1. The number of thiophene rings is 1. The standard InChI is InChI=1S/C13H18ClN3OS/c1-3-9(4-5-18)7-15-11-10-6-8(2)19-12(10)17-13(14)16-11/h6,9,18H,3-5,7H2,1-2H3,(H,15,16,17). The monoisotopic (exact) mass is 299 g/mol. The van der Waals surface area contributed by atoms with Gasteiger partial charge in [-0.25, -0.2) is 9.97 Å². The lowest BCUT2D eigenvalue weighted by Gasteiger charge is -2.15. The van der Waals surface area contributed by atoms with E-state index in [1.54, 1.807) is 11.3 Å². The molecule has 2 N–H and O–H groups in total. The number of anilines is 1. The van der Waals surface area contributed by atoms with Crippen molar-refractivity contribution >= 4 is 39.0 Å². The van der Waals surface area contributed by atoms with Gasteiger partial charge in [-0.15, -0.1) is 11.3 Å². The Morgan fingerprint density at radius 1 is 1.47 bits per heavy atom. The van der Waals surface area contributed by atoms with E-state index in [4.69, 9.17) is 16.7 Å². The van der Waals surface area contributed by atoms with Crippen LogP contribution in [0.25, 0.3) is 10.2 Å². The summed E-state index contributed by atoms with van der Waals surface area (Å²) < 4.78 is 0. The van der Waals surface area contributed by atoms with Gasteiger partial charge >= 0.3 is 0 Å². The third-order valence-corrected chi connectivity index (χ3v) is 4.27. The van der Waals surface area contributed by atoms with E-state index in [1.165, 1.54) is 4.88 Å². The molecule has 0 saturated carbocycles. The second kappa shape index (κ2) is 6.50. The van der Waals surface area contributed by atoms with Crippen LogP contribution in [0.5, 0.6) is 0 Å². The highest BCUT2D eigenvalue weighted by molar-refractivity contribution is 7.18. The van der Waals surface area contributed by atoms with Crippen LogP contribution in [0.3, 0.4) is 0 Å². The molecule has 0 spiro atoms. The molecule has 2 heterocycles. The SMILES string of the molecule is CCC(CCO)CNc1nc(Cl)nc2sc(C)cc12. The molecule has 6 heteroatoms. The number of aryl methyl sites for hydroxylation is 1. The predicted octanol–water partition coefficient (Wildman–Crippen LogP) is 3.47. The molecule has 2 rings (SSSR count). The van der Waals surface area contributed by atoms with Crippen molar-refractivity contribution in [2.75, 3.05) is 18.5 Å². The number of rotatable bonds is 6. The first kappa shape index (κ1) is 14.5. The average molecular weight is 300 g/mol. The van der Waals surface area contributed by atoms with Crippen molar-refractivity contribution in [1.29, 1.82) is 0 Å². The van der Waals surface area contributed by atoms with Gasteiger partial charge in [-0.3, -0.25) is 0 Å². The zero-order valence-electron chi connectivity index (χ0n) is 11.1. The molecular formula is C13H18ClN3OS. The largest absolute Gasteiger partial charge is 0.396 e. The fourth-order valence-electron chi connectivity index (χ4n) is 2.02. The summed E-state index contributed by atoms with van der Waals surface area (Å²) in [7, 11) is 0. The summed E-state index contributed by atoms with van der Waals surface area (Å²) in [6, 6.07) is 2.08. The van der Waals surface area contributed by atoms with E-state index in [1.807, 2.05) is 6.92 Å². The minimum Gasteiger partial charge on any atom is -0.396 e. The lowest BCUT2D eigenvalue weighted by atomic mass is 10.0. The first-order valence-electron chi connectivity index (χ1n) is 6.42. The fourth-order valence-corrected chi connectivity index (χ4v) is 3.12. The van der Waals surface area contributed by atoms with Gasteiger partial charge in [0.05, 0.1) is 5.39 Å². The van der Waals surface area contributed by atoms with Crippen molar-refractivity contribution in [2.24, 2.45) is 5.92 Å². The molecule has 0 radical (unpaired) electrons. The van der Waals surface area contributed by atoms with Crippen LogP contribution >= 0.6 is 22.9 Å². The Morgan fingerprint density at radius 3 is 2.95 bits per heavy atom. The third kappa shape index (κ3) is 3.55. The maximum atomic E-state index is 9.01. The number of aliphatic hydroxyl groups is 1. The van der Waals surface area contributed by atoms with Gasteiger partial charge < -0.3 is 10.4 Å². The van der Waals surface area contributed by atoms with Crippen molar-refractivity contribution in [1.82, 2.24) is 9.97 Å². The maximum absolute atomic E-state index is 9.01. The molecule has 2 aromatic rings. The van der Waals surface area contributed by atoms with Crippen molar-refractivity contribution in [3.63, 3.8) is 0 Å². The van der Waals surface area contributed by atoms with Crippen molar-refractivity contribution in [3.05, 3.63) is 16.2 Å². The Kier molecular flexibility index (Phi) is 4.96. The van der Waals surface area contributed by atoms with E-state index in [0.29, 0.717) is 5.92 Å². The Hall–Kier alpha value is -0.910. The zero-order valence-corrected chi connectivity index (χ0v) is 12.7. The highest BCUT2D eigenvalue weighted by atomic mass is 35.5. The number of hydrogen-bond acceptors (Lipinski definition) is 5. The second-order valence-electron chi connectivity index (χ2n) is 4.58. The van der Waals surface area contributed by atoms with Crippen LogP contribution in [0.2, 0.25) is 5.28 Å². The number of aliphatic hydroxyl groups excluding tert-OH is 1. The van der Waals surface area contributed by atoms with Gasteiger partial charge in [-0.1, -0.05) is 13.3 Å². The lowest BCUT2D eigenvalue weighted by Crippen LogP contribution is -2.15. The van der Waals surface area contributed by atoms with Crippen LogP contribution in [0.15, 0.2) is 6.07 Å². The summed E-state index contributed by atoms with van der Waals surface area (Å²) in [5.41, 5.74) is 0. The third-order valence-electron chi connectivity index (χ3n) is 3.16. The number of nitrogens with zero attached hydrogens (tertiary/aromatic N) is 2. The minimum atomic E-state index is 0.220. The number of fused-ring (bicyclic) bond motifs is 1. The van der Waals surface area contributed by atoms with E-state index >= 15 is 0 Å². The van der Waals surface area contributed by atoms with Gasteiger partial charge in [0.2, 0.25) is 5.28 Å². The van der Waals surface area contributed by atoms with Crippen molar-refractivity contribution in [3.8, 4) is 0 Å². The summed E-state index contributed by atoms with van der Waals surface area (Å²) >= 11 is 7.56. The molecule has 104 valence electrons. The van der Waals surface area contributed by atoms with Gasteiger partial charge in [0, 0.05) is 18.0 Å². The molecule has 0 saturated heterocycles. The van der Waals surface area contributed by atoms with Gasteiger partial charge in [0.25, 0.3) is 0 Å². The number of aromatic nitrogens is 2. The normalized spacial score (nSPS) is 12.8. The predicted molar refractivity (Wildman–Crippen MR) is 81.1 cm³/mol. The van der Waals surface area contributed by atoms with Crippen LogP contribution in [0, 0.1) is 12.8 Å². The molecule has 0 aliphatic heterocycles. The van der Waals surface area contributed by atoms with Gasteiger partial charge in [0.15, 0.2) is 0 Å². The van der Waals surface area contributed by atoms with E-state index in [2.05, 4.69) is 28.3 Å². The molecule has 2 aromatic heterocycles. The summed E-state index contributed by atoms with van der Waals surface area (Å²) in [6.07, 6.45) is 1.83. The molecule has 19 heavy (non-hydrogen) atoms. The molecule has 0 aliphatic carbocycles. The lowest BCUT2D eigenvalue weighted by molar-refractivity contribution is 0.258. The van der Waals surface area contributed by atoms with Crippen LogP contribution < -0.4 is 5.32 Å². The molecule has 1 unspecified atom stereocenters. The van der Waals surface area contributed by atoms with E-state index in [9.17, 15) is 0 Å². The minimum absolute atomic E-state index is 0.220. The summed E-state index contributed by atoms with van der Waals surface area (Å²) in [6.45, 7) is 5.18. The van der Waals surface area contributed by atoms with Gasteiger partial charge in [0.1, 0.15) is 10.6 Å². The number of nitrogens with one attached hydrogen (secondary N) is 1. The van der Waals surface area contributed by atoms with Crippen LogP contribution in [0.4, 0.5) is 5.82 Å². The van der Waals surface area contributed by atoms with Crippen LogP contribution in [-0.4, -0.2) is 28.2 Å². The van der Waals surface area contributed by atoms with Crippen molar-refractivity contribution < 1.29 is 5.11 Å². The number of hydrogen-bond donors (Lipinski definition) is 2. The highest BCUT2D eigenvalue weighted by Crippen LogP contribution is 2.29. The zero-order chi connectivity index (χ0) is 13.8. The Morgan fingerprint density at radius 2 is 2.26 bits per heavy atom. The quantitative estimate of drug-likeness (QED) is 0.802. The molecule has 0 fully saturated rings. The average Bonchev–Trinajstić information content (AvgIpc) is 2.74. The maximum Gasteiger partial charge on any atom is 0.225 e. The van der Waals surface area contributed by atoms with E-state index in [0.717, 1.165) is 35.4 Å². The Balaban J connectivity index is 2.19. The smallest absolute Gasteiger partial charge is 0.225 e. The Bertz CT molecular complexity index is 558. The van der Waals surface area contributed by atoms with E-state index < -0.39 is 0 Å². The summed E-state index contributed by atoms with van der Waals surface area (Å²) in [5.74, 6) is 1.23. The topological polar surface area (TPSA) is 58.0 Å². The molecule has 0 aliphatic rings. The van der Waals surface area contributed by atoms with Gasteiger partial charge in [-0.2, -0.15) is 0 Å². The molecule has 4 nitrogen and oxygen atoms in total. The Labute approximate surface area is 121 Å². The van der Waals surface area contributed by atoms with E-state index in [-0.39, 0.29) is 11.9 Å². The second-order valence-corrected chi connectivity index (χ2v) is 6.16. The first-order valence-corrected chi connectivity index (χ1v) is 7.62. The van der Waals surface area contributed by atoms with Crippen LogP contribution in [0.1, 0.15) is 24.6 Å². The first-order chi connectivity index (χ1) is 9.13.